The van der Waals surface area contributed by atoms with E-state index in [1.54, 1.807) is 5.69 Å². The van der Waals surface area contributed by atoms with Crippen LogP contribution in [-0.4, -0.2) is 0 Å². The number of fused-ring (bicyclic) bond motifs is 1. The van der Waals surface area contributed by atoms with E-state index in [0.29, 0.717) is 0 Å². The number of hydrogen-bond acceptors (Lipinski definition) is 0. The molecule has 0 saturated heterocycles. The van der Waals surface area contributed by atoms with Gasteiger partial charge < -0.3 is 0 Å². The zero-order valence-corrected chi connectivity index (χ0v) is 22.7. The van der Waals surface area contributed by atoms with E-state index in [9.17, 15) is 0 Å². The first-order valence-corrected chi connectivity index (χ1v) is 14.6. The van der Waals surface area contributed by atoms with Crippen LogP contribution in [0.1, 0.15) is 151 Å². The van der Waals surface area contributed by atoms with Crippen LogP contribution < -0.4 is 4.57 Å². The molecule has 0 aromatic carbocycles. The first kappa shape index (κ1) is 27.9. The Morgan fingerprint density at radius 2 is 1.18 bits per heavy atom. The number of aromatic nitrogens is 1. The van der Waals surface area contributed by atoms with Crippen LogP contribution in [0.2, 0.25) is 0 Å². The maximum Gasteiger partial charge on any atom is 0.189 e. The molecule has 0 fully saturated rings. The maximum absolute atomic E-state index is 2.66. The van der Waals surface area contributed by atoms with Crippen LogP contribution >= 0.6 is 0 Å². The van der Waals surface area contributed by atoms with Gasteiger partial charge in [0.05, 0.1) is 0 Å². The minimum Gasteiger partial charge on any atom is -0.199 e. The summed E-state index contributed by atoms with van der Waals surface area (Å²) in [4.78, 5) is 0. The standard InChI is InChI=1S/C32H54N/c1-5-7-9-11-13-15-17-20-24-30-28(3)31(25-21-18-16-14-12-10-8-6-2)32-26-22-19-23-27-33(32)29(30)4/h20-21,24-25H,5-19,22-23,26-27H2,1-4H3/q+1/b24-20-,25-21-. The van der Waals surface area contributed by atoms with Gasteiger partial charge in [-0.25, -0.2) is 0 Å². The molecule has 1 aliphatic heterocycles. The Bertz CT molecular complexity index is 725. The predicted molar refractivity (Wildman–Crippen MR) is 148 cm³/mol. The second-order valence-electron chi connectivity index (χ2n) is 10.4. The second kappa shape index (κ2) is 17.1. The largest absolute Gasteiger partial charge is 0.199 e. The minimum atomic E-state index is 1.19. The maximum atomic E-state index is 2.66. The molecule has 0 N–H and O–H groups in total. The first-order valence-electron chi connectivity index (χ1n) is 14.6. The molecule has 0 bridgehead atoms. The third kappa shape index (κ3) is 9.79. The highest BCUT2D eigenvalue weighted by Gasteiger charge is 2.25. The molecule has 33 heavy (non-hydrogen) atoms. The molecule has 1 aromatic heterocycles. The van der Waals surface area contributed by atoms with Crippen molar-refractivity contribution in [3.63, 3.8) is 0 Å². The molecule has 0 unspecified atom stereocenters. The fraction of sp³-hybridized carbons (Fsp3) is 0.719. The van der Waals surface area contributed by atoms with Crippen molar-refractivity contribution in [1.82, 2.24) is 0 Å². The fourth-order valence-electron chi connectivity index (χ4n) is 5.39. The lowest BCUT2D eigenvalue weighted by atomic mass is 9.95. The van der Waals surface area contributed by atoms with E-state index in [4.69, 9.17) is 0 Å². The van der Waals surface area contributed by atoms with Gasteiger partial charge in [-0.2, -0.15) is 4.57 Å². The summed E-state index contributed by atoms with van der Waals surface area (Å²) >= 11 is 0. The molecule has 2 rings (SSSR count). The van der Waals surface area contributed by atoms with Gasteiger partial charge in [-0.3, -0.25) is 0 Å². The molecule has 1 aliphatic rings. The van der Waals surface area contributed by atoms with Gasteiger partial charge in [-0.15, -0.1) is 0 Å². The summed E-state index contributed by atoms with van der Waals surface area (Å²) in [6.07, 6.45) is 34.1. The van der Waals surface area contributed by atoms with Crippen LogP contribution in [0.3, 0.4) is 0 Å². The van der Waals surface area contributed by atoms with Crippen molar-refractivity contribution < 1.29 is 4.57 Å². The highest BCUT2D eigenvalue weighted by atomic mass is 15.0. The minimum absolute atomic E-state index is 1.19. The lowest BCUT2D eigenvalue weighted by Gasteiger charge is -2.14. The summed E-state index contributed by atoms with van der Waals surface area (Å²) < 4.78 is 2.66. The summed E-state index contributed by atoms with van der Waals surface area (Å²) in [5.74, 6) is 0. The first-order chi connectivity index (χ1) is 16.2. The van der Waals surface area contributed by atoms with Crippen LogP contribution in [0.4, 0.5) is 0 Å². The molecule has 1 aromatic rings. The van der Waals surface area contributed by atoms with Gasteiger partial charge in [0.2, 0.25) is 0 Å². The van der Waals surface area contributed by atoms with Crippen molar-refractivity contribution in [2.45, 2.75) is 150 Å². The van der Waals surface area contributed by atoms with Gasteiger partial charge in [0.25, 0.3) is 0 Å². The van der Waals surface area contributed by atoms with Gasteiger partial charge in [0, 0.05) is 30.9 Å². The highest BCUT2D eigenvalue weighted by molar-refractivity contribution is 5.64. The number of allylic oxidation sites excluding steroid dienone is 2. The van der Waals surface area contributed by atoms with Crippen molar-refractivity contribution in [3.05, 3.63) is 40.2 Å². The smallest absolute Gasteiger partial charge is 0.189 e. The summed E-state index contributed by atoms with van der Waals surface area (Å²) in [5.41, 5.74) is 7.57. The summed E-state index contributed by atoms with van der Waals surface area (Å²) in [6.45, 7) is 10.5. The zero-order chi connectivity index (χ0) is 23.7. The molecular formula is C32H54N+. The molecule has 0 atom stereocenters. The monoisotopic (exact) mass is 452 g/mol. The van der Waals surface area contributed by atoms with Crippen LogP contribution in [0, 0.1) is 13.8 Å². The quantitative estimate of drug-likeness (QED) is 0.173. The average molecular weight is 453 g/mol. The molecule has 2 heterocycles. The van der Waals surface area contributed by atoms with Gasteiger partial charge in [-0.05, 0) is 51.0 Å². The SMILES string of the molecule is CCCCCCCC/C=C\c1c(C)c(/C=C\CCCCCCCC)c2[n+](c1C)CCCCC2. The van der Waals surface area contributed by atoms with E-state index in [-0.39, 0.29) is 0 Å². The lowest BCUT2D eigenvalue weighted by molar-refractivity contribution is -0.709. The fourth-order valence-corrected chi connectivity index (χ4v) is 5.39. The second-order valence-corrected chi connectivity index (χ2v) is 10.4. The molecule has 0 saturated carbocycles. The molecule has 0 amide bonds. The number of nitrogens with zero attached hydrogens (tertiary/aromatic N) is 1. The predicted octanol–water partition coefficient (Wildman–Crippen LogP) is 9.84. The summed E-state index contributed by atoms with van der Waals surface area (Å²) in [5, 5.41) is 0. The number of unbranched alkanes of at least 4 members (excludes halogenated alkanes) is 12. The Labute approximate surface area is 206 Å². The number of hydrogen-bond donors (Lipinski definition) is 0. The number of rotatable bonds is 16. The highest BCUT2D eigenvalue weighted by Crippen LogP contribution is 2.25. The van der Waals surface area contributed by atoms with Crippen molar-refractivity contribution >= 4 is 12.2 Å². The molecule has 0 spiro atoms. The van der Waals surface area contributed by atoms with Crippen molar-refractivity contribution in [1.29, 1.82) is 0 Å². The topological polar surface area (TPSA) is 3.88 Å². The average Bonchev–Trinajstić information content (AvgIpc) is 3.07. The van der Waals surface area contributed by atoms with E-state index in [2.05, 4.69) is 56.6 Å². The van der Waals surface area contributed by atoms with E-state index >= 15 is 0 Å². The van der Waals surface area contributed by atoms with Crippen LogP contribution in [0.25, 0.3) is 12.2 Å². The third-order valence-electron chi connectivity index (χ3n) is 7.55. The summed E-state index contributed by atoms with van der Waals surface area (Å²) in [6, 6.07) is 0. The molecule has 0 radical (unpaired) electrons. The van der Waals surface area contributed by atoms with Crippen LogP contribution in [0.15, 0.2) is 12.2 Å². The molecule has 1 heteroatoms. The third-order valence-corrected chi connectivity index (χ3v) is 7.55. The number of pyridine rings is 1. The van der Waals surface area contributed by atoms with E-state index in [1.807, 2.05) is 0 Å². The van der Waals surface area contributed by atoms with E-state index in [1.165, 1.54) is 145 Å². The van der Waals surface area contributed by atoms with Gasteiger partial charge in [0.15, 0.2) is 11.4 Å². The van der Waals surface area contributed by atoms with E-state index in [0.717, 1.165) is 0 Å². The van der Waals surface area contributed by atoms with Crippen molar-refractivity contribution in [2.75, 3.05) is 0 Å². The Morgan fingerprint density at radius 1 is 0.636 bits per heavy atom. The molecule has 0 aliphatic carbocycles. The normalized spacial score (nSPS) is 14.3. The molecule has 1 nitrogen and oxygen atoms in total. The Morgan fingerprint density at radius 3 is 1.79 bits per heavy atom. The van der Waals surface area contributed by atoms with Gasteiger partial charge in [-0.1, -0.05) is 102 Å². The Hall–Kier alpha value is -1.37. The van der Waals surface area contributed by atoms with Gasteiger partial charge in [0.1, 0.15) is 6.54 Å². The van der Waals surface area contributed by atoms with E-state index < -0.39 is 0 Å². The summed E-state index contributed by atoms with van der Waals surface area (Å²) in [7, 11) is 0. The van der Waals surface area contributed by atoms with Crippen molar-refractivity contribution in [3.8, 4) is 0 Å². The van der Waals surface area contributed by atoms with Gasteiger partial charge >= 0.3 is 0 Å². The Kier molecular flexibility index (Phi) is 14.5. The molecular weight excluding hydrogens is 398 g/mol. The lowest BCUT2D eigenvalue weighted by Crippen LogP contribution is -2.42. The molecule has 186 valence electrons. The van der Waals surface area contributed by atoms with Crippen LogP contribution in [0.5, 0.6) is 0 Å². The Balaban J connectivity index is 2.06. The van der Waals surface area contributed by atoms with Crippen molar-refractivity contribution in [2.24, 2.45) is 0 Å². The zero-order valence-electron chi connectivity index (χ0n) is 22.7. The van der Waals surface area contributed by atoms with Crippen LogP contribution in [-0.2, 0) is 13.0 Å².